The number of benzene rings is 1. The molecular formula is C21H25BrFN5O. The second-order valence-corrected chi connectivity index (χ2v) is 9.05. The molecule has 2 aromatic heterocycles. The van der Waals surface area contributed by atoms with Crippen LogP contribution < -0.4 is 5.73 Å². The number of rotatable bonds is 4. The van der Waals surface area contributed by atoms with Crippen LogP contribution in [0, 0.1) is 17.7 Å². The quantitative estimate of drug-likeness (QED) is 0.629. The van der Waals surface area contributed by atoms with Crippen molar-refractivity contribution in [2.24, 2.45) is 31.7 Å². The molecule has 1 aromatic carbocycles. The van der Waals surface area contributed by atoms with Crippen LogP contribution in [0.5, 0.6) is 0 Å². The Morgan fingerprint density at radius 2 is 1.97 bits per heavy atom. The molecule has 1 fully saturated rings. The average Bonchev–Trinajstić information content (AvgIpc) is 3.22. The Kier molecular flexibility index (Phi) is 5.23. The highest BCUT2D eigenvalue weighted by Crippen LogP contribution is 2.43. The summed E-state index contributed by atoms with van der Waals surface area (Å²) in [6, 6.07) is 3.55. The van der Waals surface area contributed by atoms with E-state index in [2.05, 4.69) is 28.0 Å². The molecule has 0 spiro atoms. The summed E-state index contributed by atoms with van der Waals surface area (Å²) in [5.41, 5.74) is 7.91. The lowest BCUT2D eigenvalue weighted by Gasteiger charge is -2.32. The molecular weight excluding hydrogens is 437 g/mol. The minimum atomic E-state index is -0.512. The molecule has 1 atom stereocenters. The predicted octanol–water partition coefficient (Wildman–Crippen LogP) is 4.27. The number of primary amides is 1. The first kappa shape index (κ1) is 20.1. The van der Waals surface area contributed by atoms with E-state index < -0.39 is 5.91 Å². The standard InChI is InChI=1S/C21H25BrFN5O/c1-11-4-6-12(7-5-11)16(13-10-25-28(3)19(13)20(24)29)21-26-18-15(27(21)2)9-8-14(22)17(18)23/h8-12,16H,4-7H2,1-3H3,(H2,24,29)/t11?,12?,16-/m0/s1. The zero-order chi connectivity index (χ0) is 20.9. The van der Waals surface area contributed by atoms with Crippen LogP contribution in [-0.4, -0.2) is 25.2 Å². The van der Waals surface area contributed by atoms with E-state index in [1.807, 2.05) is 17.7 Å². The van der Waals surface area contributed by atoms with E-state index >= 15 is 0 Å². The van der Waals surface area contributed by atoms with Crippen LogP contribution in [0.2, 0.25) is 0 Å². The molecule has 4 rings (SSSR count). The van der Waals surface area contributed by atoms with Gasteiger partial charge in [0.1, 0.15) is 17.0 Å². The van der Waals surface area contributed by atoms with Gasteiger partial charge in [-0.15, -0.1) is 0 Å². The van der Waals surface area contributed by atoms with Crippen molar-refractivity contribution in [3.63, 3.8) is 0 Å². The maximum atomic E-state index is 14.7. The number of halogens is 2. The van der Waals surface area contributed by atoms with E-state index in [1.165, 1.54) is 4.68 Å². The second kappa shape index (κ2) is 7.55. The highest BCUT2D eigenvalue weighted by molar-refractivity contribution is 9.10. The molecule has 6 nitrogen and oxygen atoms in total. The van der Waals surface area contributed by atoms with Gasteiger partial charge in [-0.05, 0) is 52.7 Å². The minimum Gasteiger partial charge on any atom is -0.364 e. The summed E-state index contributed by atoms with van der Waals surface area (Å²) < 4.78 is 18.6. The molecule has 1 aliphatic carbocycles. The first-order valence-corrected chi connectivity index (χ1v) is 10.7. The van der Waals surface area contributed by atoms with Crippen LogP contribution in [0.1, 0.15) is 60.4 Å². The molecule has 0 aliphatic heterocycles. The molecule has 29 heavy (non-hydrogen) atoms. The van der Waals surface area contributed by atoms with Crippen LogP contribution in [0.4, 0.5) is 4.39 Å². The van der Waals surface area contributed by atoms with E-state index in [0.29, 0.717) is 21.6 Å². The van der Waals surface area contributed by atoms with E-state index in [9.17, 15) is 9.18 Å². The number of hydrogen-bond acceptors (Lipinski definition) is 3. The summed E-state index contributed by atoms with van der Waals surface area (Å²) >= 11 is 3.25. The molecule has 1 aliphatic rings. The molecule has 0 radical (unpaired) electrons. The summed E-state index contributed by atoms with van der Waals surface area (Å²) in [6.07, 6.45) is 6.01. The van der Waals surface area contributed by atoms with Crippen LogP contribution in [0.25, 0.3) is 11.0 Å². The van der Waals surface area contributed by atoms with Crippen molar-refractivity contribution in [3.05, 3.63) is 45.7 Å². The fourth-order valence-corrected chi connectivity index (χ4v) is 5.02. The Balaban J connectivity index is 1.92. The topological polar surface area (TPSA) is 78.7 Å². The second-order valence-electron chi connectivity index (χ2n) is 8.19. The van der Waals surface area contributed by atoms with Gasteiger partial charge in [-0.3, -0.25) is 9.48 Å². The first-order chi connectivity index (χ1) is 13.8. The van der Waals surface area contributed by atoms with Crippen LogP contribution in [0.15, 0.2) is 22.8 Å². The molecule has 2 heterocycles. The number of nitrogens with zero attached hydrogens (tertiary/aromatic N) is 4. The van der Waals surface area contributed by atoms with Crippen LogP contribution in [-0.2, 0) is 14.1 Å². The Morgan fingerprint density at radius 3 is 2.62 bits per heavy atom. The van der Waals surface area contributed by atoms with Crippen molar-refractivity contribution >= 4 is 32.9 Å². The molecule has 0 unspecified atom stereocenters. The van der Waals surface area contributed by atoms with Gasteiger partial charge in [-0.25, -0.2) is 9.37 Å². The van der Waals surface area contributed by atoms with E-state index in [1.54, 1.807) is 19.3 Å². The molecule has 3 aromatic rings. The normalized spacial score (nSPS) is 20.9. The maximum absolute atomic E-state index is 14.7. The molecule has 1 amide bonds. The van der Waals surface area contributed by atoms with Crippen molar-refractivity contribution in [3.8, 4) is 0 Å². The lowest BCUT2D eigenvalue weighted by Crippen LogP contribution is -2.26. The summed E-state index contributed by atoms with van der Waals surface area (Å²) in [4.78, 5) is 16.9. The number of nitrogens with two attached hydrogens (primary N) is 1. The number of fused-ring (bicyclic) bond motifs is 1. The van der Waals surface area contributed by atoms with Gasteiger partial charge in [0, 0.05) is 25.6 Å². The van der Waals surface area contributed by atoms with Gasteiger partial charge in [0.05, 0.1) is 16.2 Å². The monoisotopic (exact) mass is 461 g/mol. The molecule has 1 saturated carbocycles. The van der Waals surface area contributed by atoms with E-state index in [4.69, 9.17) is 10.7 Å². The maximum Gasteiger partial charge on any atom is 0.267 e. The van der Waals surface area contributed by atoms with Crippen LogP contribution >= 0.6 is 15.9 Å². The molecule has 0 bridgehead atoms. The zero-order valence-corrected chi connectivity index (χ0v) is 18.4. The fraction of sp³-hybridized carbons (Fsp3) is 0.476. The van der Waals surface area contributed by atoms with Gasteiger partial charge < -0.3 is 10.3 Å². The molecule has 2 N–H and O–H groups in total. The highest BCUT2D eigenvalue weighted by Gasteiger charge is 2.35. The third-order valence-electron chi connectivity index (χ3n) is 6.32. The van der Waals surface area contributed by atoms with Crippen molar-refractivity contribution < 1.29 is 9.18 Å². The van der Waals surface area contributed by atoms with Gasteiger partial charge in [-0.2, -0.15) is 5.10 Å². The van der Waals surface area contributed by atoms with E-state index in [0.717, 1.165) is 42.6 Å². The zero-order valence-electron chi connectivity index (χ0n) is 16.8. The Bertz CT molecular complexity index is 1080. The summed E-state index contributed by atoms with van der Waals surface area (Å²) in [6.45, 7) is 2.27. The number of hydrogen-bond donors (Lipinski definition) is 1. The van der Waals surface area contributed by atoms with Crippen molar-refractivity contribution in [1.82, 2.24) is 19.3 Å². The first-order valence-electron chi connectivity index (χ1n) is 9.91. The van der Waals surface area contributed by atoms with Gasteiger partial charge in [-0.1, -0.05) is 19.8 Å². The van der Waals surface area contributed by atoms with Gasteiger partial charge in [0.15, 0.2) is 5.82 Å². The minimum absolute atomic E-state index is 0.172. The van der Waals surface area contributed by atoms with Crippen molar-refractivity contribution in [1.29, 1.82) is 0 Å². The van der Waals surface area contributed by atoms with Crippen molar-refractivity contribution in [2.45, 2.75) is 38.5 Å². The number of amides is 1. The number of carbonyl (C=O) groups excluding carboxylic acids is 1. The SMILES string of the molecule is CC1CCC([C@@H](c2cnn(C)c2C(N)=O)c2nc3c(F)c(Br)ccc3n2C)CC1. The number of carbonyl (C=O) groups is 1. The lowest BCUT2D eigenvalue weighted by molar-refractivity contribution is 0.0989. The molecule has 8 heteroatoms. The predicted molar refractivity (Wildman–Crippen MR) is 113 cm³/mol. The molecule has 0 saturated heterocycles. The van der Waals surface area contributed by atoms with Gasteiger partial charge >= 0.3 is 0 Å². The van der Waals surface area contributed by atoms with Crippen molar-refractivity contribution in [2.75, 3.05) is 0 Å². The Morgan fingerprint density at radius 1 is 1.28 bits per heavy atom. The third kappa shape index (κ3) is 3.37. The average molecular weight is 462 g/mol. The van der Waals surface area contributed by atoms with Gasteiger partial charge in [0.25, 0.3) is 5.91 Å². The lowest BCUT2D eigenvalue weighted by atomic mass is 9.73. The highest BCUT2D eigenvalue weighted by atomic mass is 79.9. The summed E-state index contributed by atoms with van der Waals surface area (Å²) in [5, 5.41) is 4.31. The third-order valence-corrected chi connectivity index (χ3v) is 6.94. The van der Waals surface area contributed by atoms with E-state index in [-0.39, 0.29) is 17.7 Å². The molecule has 154 valence electrons. The van der Waals surface area contributed by atoms with Gasteiger partial charge in [0.2, 0.25) is 0 Å². The fourth-order valence-electron chi connectivity index (χ4n) is 4.70. The number of aromatic nitrogens is 4. The Hall–Kier alpha value is -2.22. The number of imidazole rings is 1. The summed E-state index contributed by atoms with van der Waals surface area (Å²) in [5.74, 6) is 0.658. The Labute approximate surface area is 177 Å². The van der Waals surface area contributed by atoms with Crippen LogP contribution in [0.3, 0.4) is 0 Å². The number of aryl methyl sites for hydroxylation is 2. The largest absolute Gasteiger partial charge is 0.364 e. The smallest absolute Gasteiger partial charge is 0.267 e. The summed E-state index contributed by atoms with van der Waals surface area (Å²) in [7, 11) is 3.62.